The minimum absolute atomic E-state index is 1.22. The Morgan fingerprint density at radius 3 is 0.950 bits per heavy atom. The molecule has 0 atom stereocenters. The number of nitriles is 4. The van der Waals surface area contributed by atoms with Crippen LogP contribution in [0.15, 0.2) is 23.3 Å². The van der Waals surface area contributed by atoms with E-state index in [0.29, 0.717) is 0 Å². The van der Waals surface area contributed by atoms with Gasteiger partial charge in [0.05, 0.1) is 36.1 Å². The van der Waals surface area contributed by atoms with Gasteiger partial charge in [-0.15, -0.1) is 0 Å². The maximum Gasteiger partial charge on any atom is 0.148 e. The van der Waals surface area contributed by atoms with Gasteiger partial charge in [-0.05, 0) is 0 Å². The van der Waals surface area contributed by atoms with Gasteiger partial charge in [0.25, 0.3) is 0 Å². The monoisotopic (exact) mass is 280 g/mol. The summed E-state index contributed by atoms with van der Waals surface area (Å²) in [6.07, 6.45) is 0. The van der Waals surface area contributed by atoms with Gasteiger partial charge in [-0.2, -0.15) is 21.0 Å². The van der Waals surface area contributed by atoms with Crippen molar-refractivity contribution in [3.05, 3.63) is 23.3 Å². The van der Waals surface area contributed by atoms with Gasteiger partial charge in [-0.3, -0.25) is 0 Å². The van der Waals surface area contributed by atoms with Gasteiger partial charge in [0, 0.05) is 0 Å². The number of hydrogen-bond donors (Lipinski definition) is 0. The molecule has 0 saturated heterocycles. The Labute approximate surface area is 111 Å². The van der Waals surface area contributed by atoms with Crippen LogP contribution in [0, 0.1) is 69.0 Å². The fourth-order valence-corrected chi connectivity index (χ4v) is 1.76. The first-order valence-electron chi connectivity index (χ1n) is 5.13. The van der Waals surface area contributed by atoms with E-state index in [4.69, 9.17) is 21.0 Å². The molecular formula is C12H4F4N4. The van der Waals surface area contributed by atoms with Crippen molar-refractivity contribution in [2.24, 2.45) is 23.7 Å². The van der Waals surface area contributed by atoms with E-state index < -0.39 is 47.0 Å². The van der Waals surface area contributed by atoms with Crippen LogP contribution in [0.2, 0.25) is 0 Å². The number of allylic oxidation sites excluding steroid dienone is 4. The van der Waals surface area contributed by atoms with E-state index >= 15 is 0 Å². The number of rotatable bonds is 2. The molecule has 0 fully saturated rings. The number of halogens is 4. The Kier molecular flexibility index (Phi) is 4.46. The summed E-state index contributed by atoms with van der Waals surface area (Å²) < 4.78 is 54.9. The third-order valence-electron chi connectivity index (χ3n) is 2.77. The van der Waals surface area contributed by atoms with Crippen LogP contribution in [0.5, 0.6) is 0 Å². The second-order valence-corrected chi connectivity index (χ2v) is 3.82. The van der Waals surface area contributed by atoms with Gasteiger partial charge >= 0.3 is 0 Å². The zero-order valence-corrected chi connectivity index (χ0v) is 9.61. The molecule has 0 heterocycles. The fourth-order valence-electron chi connectivity index (χ4n) is 1.76. The predicted octanol–water partition coefficient (Wildman–Crippen LogP) is 2.86. The Balaban J connectivity index is 3.45. The summed E-state index contributed by atoms with van der Waals surface area (Å²) in [4.78, 5) is 0. The van der Waals surface area contributed by atoms with E-state index in [-0.39, 0.29) is 0 Å². The number of hydrogen-bond acceptors (Lipinski definition) is 4. The molecule has 0 aromatic rings. The molecule has 0 aromatic carbocycles. The SMILES string of the molecule is N#CC(C#N)C1C(F)=C(F)C(C(C#N)C#N)C(F)=C1F. The summed E-state index contributed by atoms with van der Waals surface area (Å²) >= 11 is 0. The average Bonchev–Trinajstić information content (AvgIpc) is 2.46. The highest BCUT2D eigenvalue weighted by Gasteiger charge is 2.46. The molecule has 4 nitrogen and oxygen atoms in total. The predicted molar refractivity (Wildman–Crippen MR) is 54.9 cm³/mol. The molecular weight excluding hydrogens is 276 g/mol. The summed E-state index contributed by atoms with van der Waals surface area (Å²) in [6.45, 7) is 0. The summed E-state index contributed by atoms with van der Waals surface area (Å²) in [5, 5.41) is 34.2. The van der Waals surface area contributed by atoms with Crippen LogP contribution < -0.4 is 0 Å². The van der Waals surface area contributed by atoms with Gasteiger partial charge in [0.1, 0.15) is 35.1 Å². The lowest BCUT2D eigenvalue weighted by atomic mass is 9.80. The van der Waals surface area contributed by atoms with E-state index in [0.717, 1.165) is 0 Å². The van der Waals surface area contributed by atoms with Crippen LogP contribution in [0.3, 0.4) is 0 Å². The van der Waals surface area contributed by atoms with Gasteiger partial charge in [-0.1, -0.05) is 0 Å². The second kappa shape index (κ2) is 5.87. The molecule has 0 aliphatic heterocycles. The fraction of sp³-hybridized carbons (Fsp3) is 0.333. The average molecular weight is 280 g/mol. The van der Waals surface area contributed by atoms with Crippen LogP contribution in [-0.2, 0) is 0 Å². The normalized spacial score (nSPS) is 22.3. The van der Waals surface area contributed by atoms with E-state index in [1.54, 1.807) is 0 Å². The van der Waals surface area contributed by atoms with Gasteiger partial charge in [0.15, 0.2) is 0 Å². The van der Waals surface area contributed by atoms with Crippen molar-refractivity contribution >= 4 is 0 Å². The van der Waals surface area contributed by atoms with Crippen LogP contribution in [-0.4, -0.2) is 0 Å². The molecule has 0 amide bonds. The highest BCUT2D eigenvalue weighted by Crippen LogP contribution is 2.46. The maximum absolute atomic E-state index is 13.7. The van der Waals surface area contributed by atoms with Crippen molar-refractivity contribution in [2.75, 3.05) is 0 Å². The molecule has 1 rings (SSSR count). The van der Waals surface area contributed by atoms with Crippen LogP contribution in [0.4, 0.5) is 17.6 Å². The third kappa shape index (κ3) is 2.20. The Morgan fingerprint density at radius 1 is 0.600 bits per heavy atom. The number of nitrogens with zero attached hydrogens (tertiary/aromatic N) is 4. The largest absolute Gasteiger partial charge is 0.208 e. The van der Waals surface area contributed by atoms with E-state index in [1.807, 2.05) is 0 Å². The minimum atomic E-state index is -2.32. The first kappa shape index (κ1) is 15.2. The highest BCUT2D eigenvalue weighted by atomic mass is 19.2. The van der Waals surface area contributed by atoms with Gasteiger partial charge in [0.2, 0.25) is 0 Å². The van der Waals surface area contributed by atoms with Crippen LogP contribution in [0.1, 0.15) is 0 Å². The van der Waals surface area contributed by atoms with Crippen molar-refractivity contribution < 1.29 is 17.6 Å². The van der Waals surface area contributed by atoms with Crippen molar-refractivity contribution in [1.29, 1.82) is 21.0 Å². The lowest BCUT2D eigenvalue weighted by molar-refractivity contribution is 0.280. The van der Waals surface area contributed by atoms with E-state index in [1.165, 1.54) is 24.3 Å². The molecule has 0 N–H and O–H groups in total. The summed E-state index contributed by atoms with van der Waals surface area (Å²) in [5.41, 5.74) is 0. The molecule has 1 aliphatic rings. The Bertz CT molecular complexity index is 543. The molecule has 8 heteroatoms. The van der Waals surface area contributed by atoms with E-state index in [2.05, 4.69) is 0 Å². The van der Waals surface area contributed by atoms with Gasteiger partial charge in [-0.25, -0.2) is 17.6 Å². The summed E-state index contributed by atoms with van der Waals surface area (Å²) in [7, 11) is 0. The zero-order chi connectivity index (χ0) is 15.4. The zero-order valence-electron chi connectivity index (χ0n) is 9.61. The highest BCUT2D eigenvalue weighted by molar-refractivity contribution is 5.36. The molecule has 0 aromatic heterocycles. The summed E-state index contributed by atoms with van der Waals surface area (Å²) in [6, 6.07) is 4.89. The Morgan fingerprint density at radius 2 is 0.800 bits per heavy atom. The first-order chi connectivity index (χ1) is 9.44. The quantitative estimate of drug-likeness (QED) is 0.726. The van der Waals surface area contributed by atoms with Gasteiger partial charge < -0.3 is 0 Å². The Hall–Kier alpha value is -2.84. The van der Waals surface area contributed by atoms with Crippen molar-refractivity contribution in [2.45, 2.75) is 0 Å². The second-order valence-electron chi connectivity index (χ2n) is 3.82. The topological polar surface area (TPSA) is 95.2 Å². The van der Waals surface area contributed by atoms with Crippen LogP contribution in [0.25, 0.3) is 0 Å². The third-order valence-corrected chi connectivity index (χ3v) is 2.77. The lowest BCUT2D eigenvalue weighted by Crippen LogP contribution is -2.26. The molecule has 0 unspecified atom stereocenters. The molecule has 0 spiro atoms. The molecule has 1 aliphatic carbocycles. The van der Waals surface area contributed by atoms with Crippen molar-refractivity contribution in [3.8, 4) is 24.3 Å². The molecule has 100 valence electrons. The smallest absolute Gasteiger partial charge is 0.148 e. The molecule has 0 radical (unpaired) electrons. The summed E-state index contributed by atoms with van der Waals surface area (Å²) in [5.74, 6) is -16.0. The lowest BCUT2D eigenvalue weighted by Gasteiger charge is -2.25. The molecule has 20 heavy (non-hydrogen) atoms. The molecule has 0 bridgehead atoms. The molecule has 0 saturated carbocycles. The van der Waals surface area contributed by atoms with Crippen molar-refractivity contribution in [3.63, 3.8) is 0 Å². The standard InChI is InChI=1S/C12H4F4N4/c13-9-7(5(1-17)2-18)10(14)12(16)8(11(9)15)6(3-19)4-20/h5-8H. The minimum Gasteiger partial charge on any atom is -0.208 e. The maximum atomic E-state index is 13.7. The first-order valence-corrected chi connectivity index (χ1v) is 5.13. The van der Waals surface area contributed by atoms with E-state index in [9.17, 15) is 17.6 Å². The van der Waals surface area contributed by atoms with Crippen LogP contribution >= 0.6 is 0 Å². The van der Waals surface area contributed by atoms with Crippen molar-refractivity contribution in [1.82, 2.24) is 0 Å².